The summed E-state index contributed by atoms with van der Waals surface area (Å²) in [5.74, 6) is 0.934. The zero-order valence-electron chi connectivity index (χ0n) is 10.4. The fraction of sp³-hybridized carbons (Fsp3) is 0.909. The predicted molar refractivity (Wildman–Crippen MR) is 66.9 cm³/mol. The molecule has 0 spiro atoms. The molecule has 1 aromatic rings. The fourth-order valence-electron chi connectivity index (χ4n) is 2.01. The van der Waals surface area contributed by atoms with Crippen molar-refractivity contribution >= 4 is 11.8 Å². The van der Waals surface area contributed by atoms with Crippen LogP contribution in [0.5, 0.6) is 0 Å². The molecule has 5 nitrogen and oxygen atoms in total. The molecule has 1 aliphatic carbocycles. The van der Waals surface area contributed by atoms with Crippen LogP contribution in [-0.2, 0) is 0 Å². The van der Waals surface area contributed by atoms with E-state index in [4.69, 9.17) is 0 Å². The maximum absolute atomic E-state index is 9.78. The Balaban J connectivity index is 1.94. The van der Waals surface area contributed by atoms with Gasteiger partial charge in [0.15, 0.2) is 0 Å². The Morgan fingerprint density at radius 1 is 1.41 bits per heavy atom. The second-order valence-electron chi connectivity index (χ2n) is 4.97. The van der Waals surface area contributed by atoms with Gasteiger partial charge in [0, 0.05) is 5.75 Å². The number of aromatic nitrogens is 4. The third kappa shape index (κ3) is 3.19. The highest BCUT2D eigenvalue weighted by molar-refractivity contribution is 7.99. The molecule has 1 aromatic heterocycles. The Labute approximate surface area is 106 Å². The number of aliphatic hydroxyl groups excluding tert-OH is 1. The van der Waals surface area contributed by atoms with Gasteiger partial charge in [0.1, 0.15) is 0 Å². The van der Waals surface area contributed by atoms with Crippen molar-refractivity contribution in [1.29, 1.82) is 0 Å². The molecule has 0 aromatic carbocycles. The van der Waals surface area contributed by atoms with Gasteiger partial charge in [-0.25, -0.2) is 4.68 Å². The molecular formula is C11H20N4OS. The van der Waals surface area contributed by atoms with Crippen LogP contribution >= 0.6 is 11.8 Å². The van der Waals surface area contributed by atoms with Gasteiger partial charge in [-0.1, -0.05) is 38.5 Å². The summed E-state index contributed by atoms with van der Waals surface area (Å²) in [6.45, 7) is 4.04. The van der Waals surface area contributed by atoms with Gasteiger partial charge in [-0.2, -0.15) is 0 Å². The highest BCUT2D eigenvalue weighted by atomic mass is 32.2. The fourth-order valence-corrected chi connectivity index (χ4v) is 3.13. The first-order valence-corrected chi connectivity index (χ1v) is 7.25. The van der Waals surface area contributed by atoms with Gasteiger partial charge in [-0.05, 0) is 29.2 Å². The van der Waals surface area contributed by atoms with Gasteiger partial charge >= 0.3 is 0 Å². The molecule has 6 heteroatoms. The summed E-state index contributed by atoms with van der Waals surface area (Å²) < 4.78 is 1.94. The number of rotatable bonds is 5. The molecule has 1 atom stereocenters. The topological polar surface area (TPSA) is 63.8 Å². The molecule has 0 saturated heterocycles. The Bertz CT molecular complexity index is 349. The lowest BCUT2D eigenvalue weighted by atomic mass is 10.1. The summed E-state index contributed by atoms with van der Waals surface area (Å²) in [5.41, 5.74) is 0. The van der Waals surface area contributed by atoms with Crippen LogP contribution in [0.2, 0.25) is 0 Å². The molecule has 1 N–H and O–H groups in total. The van der Waals surface area contributed by atoms with Crippen LogP contribution < -0.4 is 0 Å². The Morgan fingerprint density at radius 2 is 2.12 bits per heavy atom. The SMILES string of the molecule is CC(C)C(O)CSc1nnnn1C1CCCC1. The summed E-state index contributed by atoms with van der Waals surface area (Å²) in [6.07, 6.45) is 4.58. The van der Waals surface area contributed by atoms with E-state index in [1.54, 1.807) is 11.8 Å². The van der Waals surface area contributed by atoms with Crippen molar-refractivity contribution in [2.45, 2.75) is 56.8 Å². The van der Waals surface area contributed by atoms with Gasteiger partial charge in [0.25, 0.3) is 0 Å². The molecule has 1 unspecified atom stereocenters. The first kappa shape index (κ1) is 12.8. The van der Waals surface area contributed by atoms with Crippen LogP contribution in [-0.4, -0.2) is 37.2 Å². The van der Waals surface area contributed by atoms with Gasteiger partial charge in [0.05, 0.1) is 12.1 Å². The maximum Gasteiger partial charge on any atom is 0.209 e. The van der Waals surface area contributed by atoms with E-state index in [2.05, 4.69) is 15.5 Å². The minimum atomic E-state index is -0.297. The summed E-state index contributed by atoms with van der Waals surface area (Å²) in [6, 6.07) is 0.462. The van der Waals surface area contributed by atoms with E-state index in [0.29, 0.717) is 11.8 Å². The molecule has 1 saturated carbocycles. The van der Waals surface area contributed by atoms with Crippen molar-refractivity contribution in [3.8, 4) is 0 Å². The Morgan fingerprint density at radius 3 is 2.76 bits per heavy atom. The Kier molecular flexibility index (Phi) is 4.39. The van der Waals surface area contributed by atoms with E-state index >= 15 is 0 Å². The largest absolute Gasteiger partial charge is 0.392 e. The number of nitrogens with zero attached hydrogens (tertiary/aromatic N) is 4. The lowest BCUT2D eigenvalue weighted by Crippen LogP contribution is -2.18. The van der Waals surface area contributed by atoms with E-state index in [1.165, 1.54) is 25.7 Å². The van der Waals surface area contributed by atoms with Crippen LogP contribution in [0, 0.1) is 5.92 Å². The van der Waals surface area contributed by atoms with E-state index in [1.807, 2.05) is 18.5 Å². The van der Waals surface area contributed by atoms with Gasteiger partial charge < -0.3 is 5.11 Å². The molecule has 96 valence electrons. The van der Waals surface area contributed by atoms with Crippen molar-refractivity contribution < 1.29 is 5.11 Å². The third-order valence-electron chi connectivity index (χ3n) is 3.29. The third-order valence-corrected chi connectivity index (χ3v) is 4.32. The monoisotopic (exact) mass is 256 g/mol. The molecule has 0 aliphatic heterocycles. The second kappa shape index (κ2) is 5.82. The molecule has 1 aliphatic rings. The maximum atomic E-state index is 9.78. The molecule has 1 fully saturated rings. The van der Waals surface area contributed by atoms with Gasteiger partial charge in [0.2, 0.25) is 5.16 Å². The highest BCUT2D eigenvalue weighted by Gasteiger charge is 2.22. The molecule has 0 amide bonds. The normalized spacial score (nSPS) is 19.1. The van der Waals surface area contributed by atoms with Crippen LogP contribution in [0.25, 0.3) is 0 Å². The minimum Gasteiger partial charge on any atom is -0.392 e. The van der Waals surface area contributed by atoms with Crippen molar-refractivity contribution in [3.05, 3.63) is 0 Å². The highest BCUT2D eigenvalue weighted by Crippen LogP contribution is 2.31. The van der Waals surface area contributed by atoms with Crippen LogP contribution in [0.1, 0.15) is 45.6 Å². The first-order chi connectivity index (χ1) is 8.18. The smallest absolute Gasteiger partial charge is 0.209 e. The molecule has 2 rings (SSSR count). The first-order valence-electron chi connectivity index (χ1n) is 6.27. The number of hydrogen-bond donors (Lipinski definition) is 1. The van der Waals surface area contributed by atoms with Crippen LogP contribution in [0.15, 0.2) is 5.16 Å². The molecule has 0 radical (unpaired) electrons. The lowest BCUT2D eigenvalue weighted by molar-refractivity contribution is 0.149. The van der Waals surface area contributed by atoms with Crippen molar-refractivity contribution in [2.24, 2.45) is 5.92 Å². The Hall–Kier alpha value is -0.620. The van der Waals surface area contributed by atoms with Crippen molar-refractivity contribution in [3.63, 3.8) is 0 Å². The molecule has 1 heterocycles. The van der Waals surface area contributed by atoms with Crippen LogP contribution in [0.3, 0.4) is 0 Å². The summed E-state index contributed by atoms with van der Waals surface area (Å²) in [5, 5.41) is 22.5. The average Bonchev–Trinajstić information content (AvgIpc) is 2.95. The zero-order valence-corrected chi connectivity index (χ0v) is 11.2. The quantitative estimate of drug-likeness (QED) is 0.815. The summed E-state index contributed by atoms with van der Waals surface area (Å²) in [7, 11) is 0. The van der Waals surface area contributed by atoms with Gasteiger partial charge in [-0.15, -0.1) is 5.10 Å². The second-order valence-corrected chi connectivity index (χ2v) is 5.95. The van der Waals surface area contributed by atoms with E-state index < -0.39 is 0 Å². The zero-order chi connectivity index (χ0) is 12.3. The molecular weight excluding hydrogens is 236 g/mol. The summed E-state index contributed by atoms with van der Waals surface area (Å²) in [4.78, 5) is 0. The lowest BCUT2D eigenvalue weighted by Gasteiger charge is -2.14. The number of aliphatic hydroxyl groups is 1. The average molecular weight is 256 g/mol. The molecule has 17 heavy (non-hydrogen) atoms. The van der Waals surface area contributed by atoms with E-state index in [-0.39, 0.29) is 12.0 Å². The number of hydrogen-bond acceptors (Lipinski definition) is 5. The van der Waals surface area contributed by atoms with E-state index in [0.717, 1.165) is 5.16 Å². The predicted octanol–water partition coefficient (Wildman–Crippen LogP) is 1.90. The number of thioether (sulfide) groups is 1. The van der Waals surface area contributed by atoms with Crippen molar-refractivity contribution in [2.75, 3.05) is 5.75 Å². The standard InChI is InChI=1S/C11H20N4OS/c1-8(2)10(16)7-17-11-12-13-14-15(11)9-5-3-4-6-9/h8-10,16H,3-7H2,1-2H3. The summed E-state index contributed by atoms with van der Waals surface area (Å²) >= 11 is 1.55. The molecule has 0 bridgehead atoms. The van der Waals surface area contributed by atoms with E-state index in [9.17, 15) is 5.11 Å². The van der Waals surface area contributed by atoms with Gasteiger partial charge in [-0.3, -0.25) is 0 Å². The van der Waals surface area contributed by atoms with Crippen molar-refractivity contribution in [1.82, 2.24) is 20.2 Å². The number of tetrazole rings is 1. The van der Waals surface area contributed by atoms with Crippen LogP contribution in [0.4, 0.5) is 0 Å². The minimum absolute atomic E-state index is 0.276.